The minimum absolute atomic E-state index is 0. The maximum Gasteiger partial charge on any atom is 0.321 e. The number of thiol groups is 2. The zero-order chi connectivity index (χ0) is 15.3. The average molecular weight is 499 g/mol. The summed E-state index contributed by atoms with van der Waals surface area (Å²) in [5.74, 6) is -2.04. The number of hydrogen-bond donors (Lipinski definition) is 6. The third-order valence-corrected chi connectivity index (χ3v) is 2.61. The molecule has 0 aromatic rings. The van der Waals surface area contributed by atoms with Crippen LogP contribution in [0.3, 0.4) is 0 Å². The summed E-state index contributed by atoms with van der Waals surface area (Å²) in [6.45, 7) is 6.65. The molecule has 2 unspecified atom stereocenters. The SMILES string of the molecule is CC(C)(S)C(N)C(=O)O.CC(C)(S)C(N)C(=O)O.[Hg]. The molecule has 0 radical (unpaired) electrons. The monoisotopic (exact) mass is 500 g/mol. The van der Waals surface area contributed by atoms with E-state index in [0.29, 0.717) is 0 Å². The molecule has 0 aliphatic rings. The fourth-order valence-corrected chi connectivity index (χ4v) is 0.825. The molecule has 0 spiro atoms. The van der Waals surface area contributed by atoms with E-state index in [2.05, 4.69) is 25.3 Å². The summed E-state index contributed by atoms with van der Waals surface area (Å²) in [7, 11) is 0. The molecule has 0 fully saturated rings. The molecule has 0 aromatic carbocycles. The van der Waals surface area contributed by atoms with Gasteiger partial charge in [-0.25, -0.2) is 0 Å². The van der Waals surface area contributed by atoms with Crippen molar-refractivity contribution in [3.63, 3.8) is 0 Å². The van der Waals surface area contributed by atoms with Crippen LogP contribution in [0.1, 0.15) is 27.7 Å². The second-order valence-electron chi connectivity index (χ2n) is 4.94. The molecular formula is C10H22HgN2O4S2. The molecule has 0 aliphatic carbocycles. The average Bonchev–Trinajstić information content (AvgIpc) is 2.13. The van der Waals surface area contributed by atoms with Crippen LogP contribution in [0.25, 0.3) is 0 Å². The third kappa shape index (κ3) is 12.0. The molecule has 0 bridgehead atoms. The van der Waals surface area contributed by atoms with Crippen molar-refractivity contribution in [1.82, 2.24) is 0 Å². The molecule has 19 heavy (non-hydrogen) atoms. The van der Waals surface area contributed by atoms with Gasteiger partial charge < -0.3 is 21.7 Å². The molecule has 9 heteroatoms. The molecule has 2 atom stereocenters. The van der Waals surface area contributed by atoms with Gasteiger partial charge in [0.25, 0.3) is 0 Å². The zero-order valence-electron chi connectivity index (χ0n) is 11.6. The van der Waals surface area contributed by atoms with Crippen LogP contribution in [0, 0.1) is 0 Å². The van der Waals surface area contributed by atoms with Crippen molar-refractivity contribution in [1.29, 1.82) is 0 Å². The van der Waals surface area contributed by atoms with Crippen molar-refractivity contribution in [2.75, 3.05) is 0 Å². The van der Waals surface area contributed by atoms with Crippen molar-refractivity contribution in [3.8, 4) is 0 Å². The van der Waals surface area contributed by atoms with Gasteiger partial charge in [0.2, 0.25) is 0 Å². The first-order valence-corrected chi connectivity index (χ1v) is 6.02. The molecule has 0 saturated carbocycles. The Balaban J connectivity index is -0.000000256. The van der Waals surface area contributed by atoms with Gasteiger partial charge in [0, 0.05) is 37.2 Å². The number of aliphatic carboxylic acids is 2. The van der Waals surface area contributed by atoms with Gasteiger partial charge in [-0.3, -0.25) is 9.59 Å². The predicted molar refractivity (Wildman–Crippen MR) is 77.4 cm³/mol. The van der Waals surface area contributed by atoms with Crippen LogP contribution >= 0.6 is 25.3 Å². The van der Waals surface area contributed by atoms with Crippen molar-refractivity contribution >= 4 is 37.2 Å². The molecule has 0 rings (SSSR count). The second-order valence-corrected chi connectivity index (χ2v) is 7.24. The van der Waals surface area contributed by atoms with Crippen LogP contribution in [-0.4, -0.2) is 43.7 Å². The van der Waals surface area contributed by atoms with E-state index in [1.54, 1.807) is 27.7 Å². The Morgan fingerprint density at radius 1 is 0.895 bits per heavy atom. The van der Waals surface area contributed by atoms with E-state index >= 15 is 0 Å². The molecule has 0 saturated heterocycles. The number of nitrogens with two attached hydrogens (primary N) is 2. The van der Waals surface area contributed by atoms with E-state index in [1.165, 1.54) is 0 Å². The first-order chi connectivity index (χ1) is 7.71. The van der Waals surface area contributed by atoms with Crippen LogP contribution < -0.4 is 11.5 Å². The molecule has 6 N–H and O–H groups in total. The summed E-state index contributed by atoms with van der Waals surface area (Å²) in [5, 5.41) is 16.7. The quantitative estimate of drug-likeness (QED) is 0.243. The van der Waals surface area contributed by atoms with Crippen molar-refractivity contribution in [2.45, 2.75) is 49.3 Å². The van der Waals surface area contributed by atoms with Crippen LogP contribution in [0.4, 0.5) is 0 Å². The van der Waals surface area contributed by atoms with Crippen molar-refractivity contribution in [3.05, 3.63) is 0 Å². The van der Waals surface area contributed by atoms with Gasteiger partial charge in [-0.1, -0.05) is 0 Å². The van der Waals surface area contributed by atoms with Gasteiger partial charge >= 0.3 is 11.9 Å². The van der Waals surface area contributed by atoms with Gasteiger partial charge in [-0.2, -0.15) is 25.3 Å². The number of carboxylic acid groups (broad SMARTS) is 2. The number of rotatable bonds is 4. The Hall–Kier alpha value is 0.495. The summed E-state index contributed by atoms with van der Waals surface area (Å²) < 4.78 is -1.29. The Bertz CT molecular complexity index is 273. The molecule has 6 nitrogen and oxygen atoms in total. The topological polar surface area (TPSA) is 127 Å². The zero-order valence-corrected chi connectivity index (χ0v) is 18.9. The normalized spacial score (nSPS) is 14.3. The van der Waals surface area contributed by atoms with Gasteiger partial charge in [-0.15, -0.1) is 0 Å². The minimum atomic E-state index is -1.02. The van der Waals surface area contributed by atoms with E-state index in [9.17, 15) is 9.59 Å². The summed E-state index contributed by atoms with van der Waals surface area (Å²) in [4.78, 5) is 20.3. The molecule has 0 heterocycles. The van der Waals surface area contributed by atoms with E-state index in [0.717, 1.165) is 0 Å². The summed E-state index contributed by atoms with van der Waals surface area (Å²) in [5.41, 5.74) is 10.4. The van der Waals surface area contributed by atoms with Crippen LogP contribution in [0.15, 0.2) is 0 Å². The minimum Gasteiger partial charge on any atom is -0.480 e. The van der Waals surface area contributed by atoms with Gasteiger partial charge in [0.05, 0.1) is 0 Å². The molecule has 110 valence electrons. The van der Waals surface area contributed by atoms with E-state index in [4.69, 9.17) is 21.7 Å². The predicted octanol–water partition coefficient (Wildman–Crippen LogP) is 0.211. The maximum atomic E-state index is 10.2. The molecular weight excluding hydrogens is 477 g/mol. The van der Waals surface area contributed by atoms with Crippen LogP contribution in [0.2, 0.25) is 0 Å². The fourth-order valence-electron chi connectivity index (χ4n) is 0.604. The summed E-state index contributed by atoms with van der Waals surface area (Å²) in [6.07, 6.45) is 0. The van der Waals surface area contributed by atoms with Crippen LogP contribution in [-0.2, 0) is 37.3 Å². The first kappa shape index (κ1) is 24.5. The standard InChI is InChI=1S/2C5H11NO2S.Hg/c2*1-5(2,9)3(6)4(7)8;/h2*3,9H,6H2,1-2H3,(H,7,8);. The Morgan fingerprint density at radius 2 is 1.05 bits per heavy atom. The van der Waals surface area contributed by atoms with Gasteiger partial charge in [0.15, 0.2) is 0 Å². The van der Waals surface area contributed by atoms with Crippen molar-refractivity contribution in [2.24, 2.45) is 11.5 Å². The maximum absolute atomic E-state index is 10.2. The number of carbonyl (C=O) groups is 2. The molecule has 0 aliphatic heterocycles. The van der Waals surface area contributed by atoms with E-state index < -0.39 is 33.5 Å². The van der Waals surface area contributed by atoms with Crippen LogP contribution in [0.5, 0.6) is 0 Å². The van der Waals surface area contributed by atoms with Gasteiger partial charge in [0.1, 0.15) is 12.1 Å². The Morgan fingerprint density at radius 3 is 1.05 bits per heavy atom. The number of carboxylic acids is 2. The molecule has 0 amide bonds. The summed E-state index contributed by atoms with van der Waals surface area (Å²) in [6, 6.07) is -1.80. The third-order valence-electron chi connectivity index (χ3n) is 2.05. The van der Waals surface area contributed by atoms with Gasteiger partial charge in [-0.05, 0) is 27.7 Å². The Kier molecular flexibility index (Phi) is 12.2. The van der Waals surface area contributed by atoms with Crippen molar-refractivity contribution < 1.29 is 47.5 Å². The second kappa shape index (κ2) is 9.43. The Labute approximate surface area is 145 Å². The molecule has 0 aromatic heterocycles. The summed E-state index contributed by atoms with van der Waals surface area (Å²) >= 11 is 7.97. The largest absolute Gasteiger partial charge is 0.480 e. The van der Waals surface area contributed by atoms with E-state index in [1.807, 2.05) is 0 Å². The first-order valence-electron chi connectivity index (χ1n) is 5.12. The number of hydrogen-bond acceptors (Lipinski definition) is 6. The fraction of sp³-hybridized carbons (Fsp3) is 0.800. The van der Waals surface area contributed by atoms with E-state index in [-0.39, 0.29) is 27.7 Å². The smallest absolute Gasteiger partial charge is 0.321 e.